The molecule has 1 aromatic carbocycles. The maximum atomic E-state index is 2.32. The first kappa shape index (κ1) is 26.7. The molecule has 1 rings (SSSR count). The summed E-state index contributed by atoms with van der Waals surface area (Å²) >= 11 is 0. The second-order valence-corrected chi connectivity index (χ2v) is 4.85. The molecule has 0 aliphatic rings. The van der Waals surface area contributed by atoms with Gasteiger partial charge in [0.25, 0.3) is 0 Å². The highest BCUT2D eigenvalue weighted by atomic mass is 14.3. The topological polar surface area (TPSA) is 0 Å². The number of hydrogen-bond acceptors (Lipinski definition) is 0. The number of benzene rings is 1. The van der Waals surface area contributed by atoms with Gasteiger partial charge in [0.05, 0.1) is 0 Å². The lowest BCUT2D eigenvalue weighted by molar-refractivity contribution is 0.400. The van der Waals surface area contributed by atoms with Gasteiger partial charge in [-0.25, -0.2) is 0 Å². The average molecular weight is 269 g/mol. The van der Waals surface area contributed by atoms with Crippen LogP contribution in [0.5, 0.6) is 0 Å². The van der Waals surface area contributed by atoms with Gasteiger partial charge in [0.15, 0.2) is 0 Å². The lowest BCUT2D eigenvalue weighted by Gasteiger charge is -2.27. The van der Waals surface area contributed by atoms with Crippen LogP contribution >= 0.6 is 0 Å². The summed E-state index contributed by atoms with van der Waals surface area (Å²) < 4.78 is 0. The van der Waals surface area contributed by atoms with Crippen molar-refractivity contribution in [3.05, 3.63) is 35.9 Å². The third kappa shape index (κ3) is 12.0. The average Bonchev–Trinajstić information content (AvgIpc) is 2.34. The molecule has 0 bridgehead atoms. The second-order valence-electron chi connectivity index (χ2n) is 4.85. The Balaban J connectivity index is -0.000000171. The van der Waals surface area contributed by atoms with E-state index in [-0.39, 0.29) is 14.9 Å². The van der Waals surface area contributed by atoms with Crippen molar-refractivity contribution in [1.82, 2.24) is 0 Å². The summed E-state index contributed by atoms with van der Waals surface area (Å²) in [7, 11) is 0. The Labute approximate surface area is 124 Å². The molecule has 0 fully saturated rings. The van der Waals surface area contributed by atoms with Crippen LogP contribution in [0.1, 0.15) is 82.2 Å². The first-order chi connectivity index (χ1) is 8.02. The molecule has 0 saturated carbocycles. The predicted octanol–water partition coefficient (Wildman–Crippen LogP) is 7.33. The van der Waals surface area contributed by atoms with Gasteiger partial charge in [-0.2, -0.15) is 0 Å². The Hall–Kier alpha value is -0.780. The largest absolute Gasteiger partial charge is 0.0776 e. The molecular formula is C19H40. The predicted molar refractivity (Wildman–Crippen MR) is 95.1 cm³/mol. The second kappa shape index (κ2) is 15.3. The summed E-state index contributed by atoms with van der Waals surface area (Å²) in [5.74, 6) is 0.759. The van der Waals surface area contributed by atoms with Crippen LogP contribution in [-0.4, -0.2) is 0 Å². The molecule has 0 saturated heterocycles. The summed E-state index contributed by atoms with van der Waals surface area (Å²) in [5, 5.41) is 0. The van der Waals surface area contributed by atoms with Crippen molar-refractivity contribution in [3.63, 3.8) is 0 Å². The Morgan fingerprint density at radius 3 is 1.53 bits per heavy atom. The minimum absolute atomic E-state index is 0. The SMILES string of the molecule is C.C.CC.CC.CC(C)CC(C)(C)c1ccccc1. The van der Waals surface area contributed by atoms with Gasteiger partial charge < -0.3 is 0 Å². The third-order valence-electron chi connectivity index (χ3n) is 2.47. The van der Waals surface area contributed by atoms with Crippen LogP contribution in [0, 0.1) is 5.92 Å². The van der Waals surface area contributed by atoms with Crippen LogP contribution in [0.2, 0.25) is 0 Å². The fourth-order valence-corrected chi connectivity index (χ4v) is 2.03. The fraction of sp³-hybridized carbons (Fsp3) is 0.684. The molecular weight excluding hydrogens is 228 g/mol. The summed E-state index contributed by atoms with van der Waals surface area (Å²) in [6.45, 7) is 17.2. The highest BCUT2D eigenvalue weighted by molar-refractivity contribution is 5.23. The lowest BCUT2D eigenvalue weighted by Crippen LogP contribution is -2.19. The Morgan fingerprint density at radius 1 is 0.842 bits per heavy atom. The molecule has 0 aromatic heterocycles. The Morgan fingerprint density at radius 2 is 1.21 bits per heavy atom. The Kier molecular flexibility index (Phi) is 21.5. The third-order valence-corrected chi connectivity index (χ3v) is 2.47. The van der Waals surface area contributed by atoms with E-state index in [0.717, 1.165) is 5.92 Å². The molecule has 0 heterocycles. The van der Waals surface area contributed by atoms with Crippen LogP contribution in [0.25, 0.3) is 0 Å². The van der Waals surface area contributed by atoms with Crippen molar-refractivity contribution >= 4 is 0 Å². The quantitative estimate of drug-likeness (QED) is 0.538. The first-order valence-electron chi connectivity index (χ1n) is 7.08. The van der Waals surface area contributed by atoms with Gasteiger partial charge in [-0.15, -0.1) is 0 Å². The van der Waals surface area contributed by atoms with Crippen molar-refractivity contribution in [1.29, 1.82) is 0 Å². The molecule has 0 N–H and O–H groups in total. The van der Waals surface area contributed by atoms with E-state index >= 15 is 0 Å². The molecule has 0 heteroatoms. The zero-order valence-corrected chi connectivity index (χ0v) is 13.2. The summed E-state index contributed by atoms with van der Waals surface area (Å²) in [5.41, 5.74) is 1.76. The van der Waals surface area contributed by atoms with Crippen molar-refractivity contribution in [2.24, 2.45) is 5.92 Å². The van der Waals surface area contributed by atoms with E-state index in [1.165, 1.54) is 12.0 Å². The highest BCUT2D eigenvalue weighted by Gasteiger charge is 2.20. The molecule has 0 aliphatic carbocycles. The van der Waals surface area contributed by atoms with E-state index < -0.39 is 0 Å². The van der Waals surface area contributed by atoms with Crippen LogP contribution in [0.3, 0.4) is 0 Å². The molecule has 19 heavy (non-hydrogen) atoms. The molecule has 0 nitrogen and oxygen atoms in total. The molecule has 0 aliphatic heterocycles. The molecule has 0 unspecified atom stereocenters. The minimum Gasteiger partial charge on any atom is -0.0776 e. The Bertz CT molecular complexity index is 244. The summed E-state index contributed by atoms with van der Waals surface area (Å²) in [6, 6.07) is 10.8. The maximum absolute atomic E-state index is 2.32. The van der Waals surface area contributed by atoms with Crippen LogP contribution in [0.15, 0.2) is 30.3 Å². The van der Waals surface area contributed by atoms with E-state index in [1.807, 2.05) is 27.7 Å². The standard InChI is InChI=1S/C13H20.2C2H6.2CH4/c1-11(2)10-13(3,4)12-8-6-5-7-9-12;2*1-2;;/h5-9,11H,10H2,1-4H3;2*1-2H3;2*1H4. The van der Waals surface area contributed by atoms with Crippen molar-refractivity contribution in [3.8, 4) is 0 Å². The highest BCUT2D eigenvalue weighted by Crippen LogP contribution is 2.29. The molecule has 0 amide bonds. The maximum Gasteiger partial charge on any atom is -0.0101 e. The van der Waals surface area contributed by atoms with Gasteiger partial charge in [0.1, 0.15) is 0 Å². The van der Waals surface area contributed by atoms with E-state index in [9.17, 15) is 0 Å². The van der Waals surface area contributed by atoms with Crippen molar-refractivity contribution in [2.75, 3.05) is 0 Å². The molecule has 0 spiro atoms. The first-order valence-corrected chi connectivity index (χ1v) is 7.08. The summed E-state index contributed by atoms with van der Waals surface area (Å²) in [6.07, 6.45) is 1.25. The van der Waals surface area contributed by atoms with E-state index in [0.29, 0.717) is 5.41 Å². The van der Waals surface area contributed by atoms with Crippen LogP contribution in [0.4, 0.5) is 0 Å². The van der Waals surface area contributed by atoms with Crippen molar-refractivity contribution < 1.29 is 0 Å². The van der Waals surface area contributed by atoms with E-state index in [4.69, 9.17) is 0 Å². The zero-order valence-electron chi connectivity index (χ0n) is 13.2. The van der Waals surface area contributed by atoms with Gasteiger partial charge in [-0.05, 0) is 23.3 Å². The van der Waals surface area contributed by atoms with E-state index in [1.54, 1.807) is 0 Å². The lowest BCUT2D eigenvalue weighted by atomic mass is 9.78. The van der Waals surface area contributed by atoms with Crippen LogP contribution < -0.4 is 0 Å². The minimum atomic E-state index is 0. The molecule has 1 aromatic rings. The number of rotatable bonds is 3. The molecule has 116 valence electrons. The van der Waals surface area contributed by atoms with Crippen LogP contribution in [-0.2, 0) is 5.41 Å². The normalized spacial score (nSPS) is 8.89. The van der Waals surface area contributed by atoms with E-state index in [2.05, 4.69) is 58.0 Å². The summed E-state index contributed by atoms with van der Waals surface area (Å²) in [4.78, 5) is 0. The van der Waals surface area contributed by atoms with Gasteiger partial charge in [0.2, 0.25) is 0 Å². The van der Waals surface area contributed by atoms with Gasteiger partial charge in [-0.1, -0.05) is 101 Å². The zero-order chi connectivity index (χ0) is 13.9. The van der Waals surface area contributed by atoms with Gasteiger partial charge >= 0.3 is 0 Å². The van der Waals surface area contributed by atoms with Crippen molar-refractivity contribution in [2.45, 2.75) is 82.1 Å². The number of hydrogen-bond donors (Lipinski definition) is 0. The monoisotopic (exact) mass is 268 g/mol. The van der Waals surface area contributed by atoms with Gasteiger partial charge in [0, 0.05) is 0 Å². The smallest absolute Gasteiger partial charge is 0.0101 e. The fourth-order valence-electron chi connectivity index (χ4n) is 2.03. The van der Waals surface area contributed by atoms with Gasteiger partial charge in [-0.3, -0.25) is 0 Å². The molecule has 0 radical (unpaired) electrons. The molecule has 0 atom stereocenters.